The van der Waals surface area contributed by atoms with E-state index in [1.54, 1.807) is 0 Å². The number of ether oxygens (including phenoxy) is 1. The molecular formula is C27H28NO2+. The van der Waals surface area contributed by atoms with Crippen LogP contribution in [0.5, 0.6) is 0 Å². The minimum atomic E-state index is -1.14. The molecule has 0 spiro atoms. The van der Waals surface area contributed by atoms with Crippen molar-refractivity contribution >= 4 is 0 Å². The zero-order valence-corrected chi connectivity index (χ0v) is 17.2. The molecule has 152 valence electrons. The molecule has 1 heterocycles. The molecule has 1 fully saturated rings. The average Bonchev–Trinajstić information content (AvgIpc) is 2.83. The molecule has 0 unspecified atom stereocenters. The van der Waals surface area contributed by atoms with Crippen LogP contribution >= 0.6 is 0 Å². The van der Waals surface area contributed by atoms with Gasteiger partial charge in [0.1, 0.15) is 25.2 Å². The van der Waals surface area contributed by atoms with Gasteiger partial charge in [-0.15, -0.1) is 0 Å². The second-order valence-corrected chi connectivity index (χ2v) is 7.74. The highest BCUT2D eigenvalue weighted by molar-refractivity contribution is 5.64. The monoisotopic (exact) mass is 398 g/mol. The summed E-state index contributed by atoms with van der Waals surface area (Å²) in [7, 11) is 0. The molecule has 30 heavy (non-hydrogen) atoms. The van der Waals surface area contributed by atoms with Crippen LogP contribution in [0, 0.1) is 11.8 Å². The fourth-order valence-corrected chi connectivity index (χ4v) is 3.87. The third kappa shape index (κ3) is 4.80. The van der Waals surface area contributed by atoms with Gasteiger partial charge in [0.2, 0.25) is 0 Å². The minimum Gasteiger partial charge on any atom is -0.379 e. The van der Waals surface area contributed by atoms with Gasteiger partial charge in [0, 0.05) is 6.42 Å². The summed E-state index contributed by atoms with van der Waals surface area (Å²) in [4.78, 5) is 1.45. The van der Waals surface area contributed by atoms with Crippen LogP contribution in [0.1, 0.15) is 17.5 Å². The summed E-state index contributed by atoms with van der Waals surface area (Å²) in [5, 5.41) is 11.7. The first kappa shape index (κ1) is 20.4. The van der Waals surface area contributed by atoms with Gasteiger partial charge in [-0.05, 0) is 28.2 Å². The van der Waals surface area contributed by atoms with Crippen LogP contribution in [0.3, 0.4) is 0 Å². The van der Waals surface area contributed by atoms with Gasteiger partial charge in [-0.1, -0.05) is 90.8 Å². The first-order valence-electron chi connectivity index (χ1n) is 10.6. The Morgan fingerprint density at radius 1 is 0.733 bits per heavy atom. The van der Waals surface area contributed by atoms with Crippen LogP contribution in [0.2, 0.25) is 0 Å². The van der Waals surface area contributed by atoms with Crippen molar-refractivity contribution in [2.75, 3.05) is 32.8 Å². The van der Waals surface area contributed by atoms with Crippen molar-refractivity contribution < 1.29 is 14.7 Å². The van der Waals surface area contributed by atoms with E-state index in [1.165, 1.54) is 10.5 Å². The Balaban J connectivity index is 1.57. The predicted octanol–water partition coefficient (Wildman–Crippen LogP) is 2.90. The van der Waals surface area contributed by atoms with Crippen molar-refractivity contribution in [3.05, 3.63) is 96.1 Å². The molecule has 3 aromatic rings. The van der Waals surface area contributed by atoms with Crippen LogP contribution in [-0.2, 0) is 10.3 Å². The van der Waals surface area contributed by atoms with E-state index in [9.17, 15) is 5.11 Å². The first-order chi connectivity index (χ1) is 14.8. The maximum absolute atomic E-state index is 11.7. The lowest BCUT2D eigenvalue weighted by atomic mass is 9.83. The van der Waals surface area contributed by atoms with Crippen molar-refractivity contribution in [2.45, 2.75) is 12.0 Å². The maximum Gasteiger partial charge on any atom is 0.139 e. The predicted molar refractivity (Wildman–Crippen MR) is 120 cm³/mol. The topological polar surface area (TPSA) is 33.9 Å². The standard InChI is InChI=1S/C27H27NO2/c29-27(25-11-5-2-6-12-25,17-7-8-18-28-19-21-30-22-20-28)26-15-13-24(14-16-26)23-9-3-1-4-10-23/h1-6,9-16,29H,17-22H2/p+1/t27-/m0/s1. The van der Waals surface area contributed by atoms with E-state index >= 15 is 0 Å². The number of benzene rings is 3. The van der Waals surface area contributed by atoms with Gasteiger partial charge in [0.25, 0.3) is 0 Å². The smallest absolute Gasteiger partial charge is 0.139 e. The molecule has 0 amide bonds. The van der Waals surface area contributed by atoms with Crippen molar-refractivity contribution in [2.24, 2.45) is 0 Å². The van der Waals surface area contributed by atoms with Gasteiger partial charge in [-0.25, -0.2) is 0 Å². The summed E-state index contributed by atoms with van der Waals surface area (Å²) in [6, 6.07) is 28.3. The van der Waals surface area contributed by atoms with Gasteiger partial charge in [-0.3, -0.25) is 0 Å². The highest BCUT2D eigenvalue weighted by Crippen LogP contribution is 2.34. The Morgan fingerprint density at radius 3 is 1.97 bits per heavy atom. The highest BCUT2D eigenvalue weighted by Gasteiger charge is 2.30. The summed E-state index contributed by atoms with van der Waals surface area (Å²) in [6.07, 6.45) is 0.367. The summed E-state index contributed by atoms with van der Waals surface area (Å²) >= 11 is 0. The third-order valence-electron chi connectivity index (χ3n) is 5.73. The summed E-state index contributed by atoms with van der Waals surface area (Å²) in [5.41, 5.74) is 2.90. The molecule has 0 radical (unpaired) electrons. The molecule has 0 bridgehead atoms. The second kappa shape index (κ2) is 9.73. The van der Waals surface area contributed by atoms with Crippen LogP contribution in [-0.4, -0.2) is 38.0 Å². The number of aliphatic hydroxyl groups is 1. The van der Waals surface area contributed by atoms with Gasteiger partial charge in [0.05, 0.1) is 13.2 Å². The third-order valence-corrected chi connectivity index (χ3v) is 5.73. The summed E-state index contributed by atoms with van der Waals surface area (Å²) in [6.45, 7) is 4.40. The molecule has 1 aliphatic rings. The number of quaternary nitrogens is 1. The van der Waals surface area contributed by atoms with Gasteiger partial charge in [-0.2, -0.15) is 0 Å². The van der Waals surface area contributed by atoms with Crippen LogP contribution in [0.25, 0.3) is 11.1 Å². The molecular weight excluding hydrogens is 370 g/mol. The Hall–Kier alpha value is -2.90. The van der Waals surface area contributed by atoms with Gasteiger partial charge >= 0.3 is 0 Å². The molecule has 1 saturated heterocycles. The Morgan fingerprint density at radius 2 is 1.30 bits per heavy atom. The zero-order chi connectivity index (χ0) is 20.7. The van der Waals surface area contributed by atoms with E-state index in [4.69, 9.17) is 4.74 Å². The van der Waals surface area contributed by atoms with E-state index < -0.39 is 5.60 Å². The van der Waals surface area contributed by atoms with Gasteiger partial charge < -0.3 is 14.7 Å². The molecule has 4 rings (SSSR count). The summed E-state index contributed by atoms with van der Waals surface area (Å²) in [5.74, 6) is 6.54. The van der Waals surface area contributed by atoms with Crippen LogP contribution in [0.15, 0.2) is 84.9 Å². The lowest BCUT2D eigenvalue weighted by Gasteiger charge is -2.28. The Kier molecular flexibility index (Phi) is 6.61. The Bertz CT molecular complexity index is 984. The SMILES string of the molecule is O[C@@](CC#CC[NH+]1CCOCC1)(c1ccccc1)c1ccc(-c2ccccc2)cc1. The van der Waals surface area contributed by atoms with Crippen molar-refractivity contribution in [1.82, 2.24) is 0 Å². The zero-order valence-electron chi connectivity index (χ0n) is 17.2. The molecule has 2 N–H and O–H groups in total. The second-order valence-electron chi connectivity index (χ2n) is 7.74. The molecule has 0 saturated carbocycles. The average molecular weight is 399 g/mol. The van der Waals surface area contributed by atoms with E-state index in [1.807, 2.05) is 60.7 Å². The molecule has 0 aromatic heterocycles. The van der Waals surface area contributed by atoms with E-state index in [0.717, 1.165) is 49.5 Å². The number of nitrogens with one attached hydrogen (secondary N) is 1. The van der Waals surface area contributed by atoms with Crippen molar-refractivity contribution in [1.29, 1.82) is 0 Å². The quantitative estimate of drug-likeness (QED) is 0.648. The van der Waals surface area contributed by atoms with Crippen LogP contribution < -0.4 is 4.90 Å². The number of hydrogen-bond donors (Lipinski definition) is 2. The van der Waals surface area contributed by atoms with Gasteiger partial charge in [0.15, 0.2) is 0 Å². The Labute approximate surface area is 178 Å². The first-order valence-corrected chi connectivity index (χ1v) is 10.6. The minimum absolute atomic E-state index is 0.367. The maximum atomic E-state index is 11.7. The summed E-state index contributed by atoms with van der Waals surface area (Å²) < 4.78 is 5.41. The molecule has 3 nitrogen and oxygen atoms in total. The van der Waals surface area contributed by atoms with E-state index in [2.05, 4.69) is 36.1 Å². The largest absolute Gasteiger partial charge is 0.379 e. The lowest BCUT2D eigenvalue weighted by Crippen LogP contribution is -3.14. The number of rotatable bonds is 5. The van der Waals surface area contributed by atoms with Crippen molar-refractivity contribution in [3.63, 3.8) is 0 Å². The molecule has 1 aliphatic heterocycles. The number of morpholine rings is 1. The highest BCUT2D eigenvalue weighted by atomic mass is 16.5. The number of hydrogen-bond acceptors (Lipinski definition) is 2. The molecule has 0 aliphatic carbocycles. The fraction of sp³-hybridized carbons (Fsp3) is 0.259. The molecule has 3 aromatic carbocycles. The normalized spacial score (nSPS) is 16.3. The molecule has 1 atom stereocenters. The van der Waals surface area contributed by atoms with Crippen LogP contribution in [0.4, 0.5) is 0 Å². The van der Waals surface area contributed by atoms with Crippen molar-refractivity contribution in [3.8, 4) is 23.0 Å². The van der Waals surface area contributed by atoms with E-state index in [-0.39, 0.29) is 0 Å². The van der Waals surface area contributed by atoms with E-state index in [0.29, 0.717) is 6.42 Å². The lowest BCUT2D eigenvalue weighted by molar-refractivity contribution is -0.900. The molecule has 3 heteroatoms. The fourth-order valence-electron chi connectivity index (χ4n) is 3.87.